The maximum absolute atomic E-state index is 11.8. The Morgan fingerprint density at radius 1 is 1.24 bits per heavy atom. The Balaban J connectivity index is 1.78. The Morgan fingerprint density at radius 3 is 2.81 bits per heavy atom. The van der Waals surface area contributed by atoms with Crippen molar-refractivity contribution < 1.29 is 4.79 Å². The van der Waals surface area contributed by atoms with Crippen LogP contribution in [0.2, 0.25) is 0 Å². The zero-order chi connectivity index (χ0) is 14.7. The average Bonchev–Trinajstić information content (AvgIpc) is 2.85. The molecule has 21 heavy (non-hydrogen) atoms. The minimum atomic E-state index is -0.256. The first-order valence-corrected chi connectivity index (χ1v) is 6.53. The smallest absolute Gasteiger partial charge is 0.271 e. The molecule has 0 atom stereocenters. The van der Waals surface area contributed by atoms with Crippen molar-refractivity contribution in [1.82, 2.24) is 15.0 Å². The van der Waals surface area contributed by atoms with Gasteiger partial charge in [0.15, 0.2) is 0 Å². The van der Waals surface area contributed by atoms with E-state index in [0.29, 0.717) is 5.56 Å². The third-order valence-electron chi connectivity index (χ3n) is 3.24. The van der Waals surface area contributed by atoms with Crippen LogP contribution in [-0.4, -0.2) is 21.7 Å². The molecule has 5 nitrogen and oxygen atoms in total. The number of nitrogens with zero attached hydrogens (tertiary/aromatic N) is 3. The van der Waals surface area contributed by atoms with Crippen LogP contribution in [0, 0.1) is 0 Å². The number of aryl methyl sites for hydroxylation is 1. The van der Waals surface area contributed by atoms with E-state index in [1.807, 2.05) is 42.1 Å². The van der Waals surface area contributed by atoms with Crippen LogP contribution in [0.5, 0.6) is 0 Å². The molecule has 3 rings (SSSR count). The Morgan fingerprint density at radius 2 is 2.00 bits per heavy atom. The van der Waals surface area contributed by atoms with Crippen LogP contribution in [0.25, 0.3) is 10.9 Å². The molecule has 1 aromatic carbocycles. The van der Waals surface area contributed by atoms with Gasteiger partial charge in [-0.2, -0.15) is 5.10 Å². The van der Waals surface area contributed by atoms with Crippen LogP contribution in [-0.2, 0) is 7.05 Å². The molecule has 3 aromatic rings. The number of para-hydroxylation sites is 1. The molecule has 0 radical (unpaired) electrons. The molecule has 0 saturated heterocycles. The van der Waals surface area contributed by atoms with Gasteiger partial charge in [-0.15, -0.1) is 0 Å². The standard InChI is InChI=1S/C16H14N4O/c1-20-11-13(14-4-2-3-5-15(14)20)10-18-19-16(21)12-6-8-17-9-7-12/h2-11H,1H3,(H,19,21)/b18-10-. The Kier molecular flexibility index (Phi) is 3.47. The van der Waals surface area contributed by atoms with Crippen molar-refractivity contribution in [2.45, 2.75) is 0 Å². The summed E-state index contributed by atoms with van der Waals surface area (Å²) in [6, 6.07) is 11.3. The summed E-state index contributed by atoms with van der Waals surface area (Å²) in [5.41, 5.74) is 5.13. The van der Waals surface area contributed by atoms with E-state index in [1.165, 1.54) is 0 Å². The van der Waals surface area contributed by atoms with E-state index in [0.717, 1.165) is 16.5 Å². The molecule has 104 valence electrons. The highest BCUT2D eigenvalue weighted by Gasteiger charge is 2.04. The number of benzene rings is 1. The number of carbonyl (C=O) groups is 1. The molecule has 1 amide bonds. The van der Waals surface area contributed by atoms with Crippen molar-refractivity contribution in [2.75, 3.05) is 0 Å². The second kappa shape index (κ2) is 5.58. The number of rotatable bonds is 3. The van der Waals surface area contributed by atoms with Gasteiger partial charge in [0, 0.05) is 47.7 Å². The Hall–Kier alpha value is -2.95. The van der Waals surface area contributed by atoms with Gasteiger partial charge in [-0.1, -0.05) is 18.2 Å². The van der Waals surface area contributed by atoms with Gasteiger partial charge >= 0.3 is 0 Å². The number of nitrogens with one attached hydrogen (secondary N) is 1. The molecular weight excluding hydrogens is 264 g/mol. The van der Waals surface area contributed by atoms with Gasteiger partial charge in [-0.05, 0) is 18.2 Å². The first-order valence-electron chi connectivity index (χ1n) is 6.53. The second-order valence-corrected chi connectivity index (χ2v) is 4.65. The zero-order valence-corrected chi connectivity index (χ0v) is 11.5. The first kappa shape index (κ1) is 13.1. The number of aromatic nitrogens is 2. The number of hydrogen-bond acceptors (Lipinski definition) is 3. The van der Waals surface area contributed by atoms with Gasteiger partial charge in [-0.3, -0.25) is 9.78 Å². The van der Waals surface area contributed by atoms with Crippen LogP contribution in [0.15, 0.2) is 60.1 Å². The highest BCUT2D eigenvalue weighted by molar-refractivity contribution is 6.00. The number of fused-ring (bicyclic) bond motifs is 1. The van der Waals surface area contributed by atoms with Crippen molar-refractivity contribution in [3.8, 4) is 0 Å². The summed E-state index contributed by atoms with van der Waals surface area (Å²) >= 11 is 0. The predicted molar refractivity (Wildman–Crippen MR) is 82.2 cm³/mol. The average molecular weight is 278 g/mol. The zero-order valence-electron chi connectivity index (χ0n) is 11.5. The van der Waals surface area contributed by atoms with Gasteiger partial charge in [0.1, 0.15) is 0 Å². The molecule has 0 fully saturated rings. The van der Waals surface area contributed by atoms with Crippen LogP contribution in [0.3, 0.4) is 0 Å². The van der Waals surface area contributed by atoms with E-state index in [1.54, 1.807) is 30.7 Å². The van der Waals surface area contributed by atoms with Gasteiger partial charge in [0.25, 0.3) is 5.91 Å². The lowest BCUT2D eigenvalue weighted by molar-refractivity contribution is 0.0955. The molecule has 0 bridgehead atoms. The molecule has 0 unspecified atom stereocenters. The van der Waals surface area contributed by atoms with Gasteiger partial charge in [0.2, 0.25) is 0 Å². The van der Waals surface area contributed by atoms with Crippen molar-refractivity contribution in [2.24, 2.45) is 12.1 Å². The lowest BCUT2D eigenvalue weighted by Gasteiger charge is -1.98. The molecule has 1 N–H and O–H groups in total. The summed E-state index contributed by atoms with van der Waals surface area (Å²) < 4.78 is 2.03. The quantitative estimate of drug-likeness (QED) is 0.590. The van der Waals surface area contributed by atoms with Gasteiger partial charge in [-0.25, -0.2) is 5.43 Å². The SMILES string of the molecule is Cn1cc(/C=N\NC(=O)c2ccncc2)c2ccccc21. The molecule has 5 heteroatoms. The lowest BCUT2D eigenvalue weighted by atomic mass is 10.2. The van der Waals surface area contributed by atoms with E-state index in [4.69, 9.17) is 0 Å². The molecule has 2 aromatic heterocycles. The van der Waals surface area contributed by atoms with E-state index < -0.39 is 0 Å². The van der Waals surface area contributed by atoms with E-state index >= 15 is 0 Å². The number of hydrogen-bond donors (Lipinski definition) is 1. The summed E-state index contributed by atoms with van der Waals surface area (Å²) in [6.07, 6.45) is 6.78. The highest BCUT2D eigenvalue weighted by Crippen LogP contribution is 2.18. The molecule has 0 aliphatic rings. The highest BCUT2D eigenvalue weighted by atomic mass is 16.2. The summed E-state index contributed by atoms with van der Waals surface area (Å²) in [5, 5.41) is 5.12. The topological polar surface area (TPSA) is 59.3 Å². The largest absolute Gasteiger partial charge is 0.350 e. The maximum atomic E-state index is 11.8. The number of carbonyl (C=O) groups excluding carboxylic acids is 1. The summed E-state index contributed by atoms with van der Waals surface area (Å²) in [5.74, 6) is -0.256. The molecular formula is C16H14N4O. The van der Waals surface area contributed by atoms with Crippen molar-refractivity contribution in [3.05, 3.63) is 66.1 Å². The third kappa shape index (κ3) is 2.67. The fraction of sp³-hybridized carbons (Fsp3) is 0.0625. The Bertz CT molecular complexity index is 806. The lowest BCUT2D eigenvalue weighted by Crippen LogP contribution is -2.17. The number of hydrazone groups is 1. The fourth-order valence-corrected chi connectivity index (χ4v) is 2.20. The number of amides is 1. The van der Waals surface area contributed by atoms with E-state index in [9.17, 15) is 4.79 Å². The van der Waals surface area contributed by atoms with E-state index in [-0.39, 0.29) is 5.91 Å². The number of pyridine rings is 1. The minimum absolute atomic E-state index is 0.256. The first-order chi connectivity index (χ1) is 10.3. The van der Waals surface area contributed by atoms with E-state index in [2.05, 4.69) is 15.5 Å². The summed E-state index contributed by atoms with van der Waals surface area (Å²) in [4.78, 5) is 15.7. The van der Waals surface area contributed by atoms with Crippen molar-refractivity contribution in [1.29, 1.82) is 0 Å². The molecule has 2 heterocycles. The maximum Gasteiger partial charge on any atom is 0.271 e. The molecule has 0 aliphatic heterocycles. The van der Waals surface area contributed by atoms with Crippen molar-refractivity contribution in [3.63, 3.8) is 0 Å². The fourth-order valence-electron chi connectivity index (χ4n) is 2.20. The van der Waals surface area contributed by atoms with Crippen LogP contribution < -0.4 is 5.43 Å². The van der Waals surface area contributed by atoms with Crippen LogP contribution in [0.1, 0.15) is 15.9 Å². The van der Waals surface area contributed by atoms with Crippen LogP contribution >= 0.6 is 0 Å². The van der Waals surface area contributed by atoms with Gasteiger partial charge < -0.3 is 4.57 Å². The third-order valence-corrected chi connectivity index (χ3v) is 3.24. The van der Waals surface area contributed by atoms with Gasteiger partial charge in [0.05, 0.1) is 6.21 Å². The normalized spacial score (nSPS) is 11.1. The summed E-state index contributed by atoms with van der Waals surface area (Å²) in [6.45, 7) is 0. The van der Waals surface area contributed by atoms with Crippen molar-refractivity contribution >= 4 is 23.0 Å². The molecule has 0 aliphatic carbocycles. The minimum Gasteiger partial charge on any atom is -0.350 e. The Labute approximate surface area is 121 Å². The predicted octanol–water partition coefficient (Wildman–Crippen LogP) is 2.34. The van der Waals surface area contributed by atoms with Crippen LogP contribution in [0.4, 0.5) is 0 Å². The monoisotopic (exact) mass is 278 g/mol. The summed E-state index contributed by atoms with van der Waals surface area (Å²) in [7, 11) is 1.98. The second-order valence-electron chi connectivity index (χ2n) is 4.65. The molecule has 0 saturated carbocycles. The molecule has 0 spiro atoms.